The average Bonchev–Trinajstić information content (AvgIpc) is 3.06. The Balaban J connectivity index is 1.52. The second kappa shape index (κ2) is 6.72. The van der Waals surface area contributed by atoms with E-state index in [9.17, 15) is 4.79 Å². The lowest BCUT2D eigenvalue weighted by Crippen LogP contribution is -2.30. The van der Waals surface area contributed by atoms with Crippen LogP contribution >= 0.6 is 0 Å². The fourth-order valence-corrected chi connectivity index (χ4v) is 3.53. The van der Waals surface area contributed by atoms with E-state index >= 15 is 0 Å². The van der Waals surface area contributed by atoms with Gasteiger partial charge in [-0.05, 0) is 36.4 Å². The molecule has 130 valence electrons. The molecule has 0 radical (unpaired) electrons. The Bertz CT molecular complexity index is 930. The Hall–Kier alpha value is -2.60. The van der Waals surface area contributed by atoms with Crippen LogP contribution in [0.25, 0.3) is 10.8 Å². The van der Waals surface area contributed by atoms with Crippen LogP contribution in [0.4, 0.5) is 5.69 Å². The lowest BCUT2D eigenvalue weighted by Gasteiger charge is -2.31. The van der Waals surface area contributed by atoms with Crippen molar-refractivity contribution in [2.45, 2.75) is 18.9 Å². The summed E-state index contributed by atoms with van der Waals surface area (Å²) in [5.41, 5.74) is 0.890. The van der Waals surface area contributed by atoms with Crippen molar-refractivity contribution < 1.29 is 4.74 Å². The molecule has 1 aliphatic rings. The smallest absolute Gasteiger partial charge is 0.255 e. The SMILES string of the molecule is Cn1ccnc1[C@@H]1OCCC[C@H]1CNc1ccc2cc[nH]c(=O)c2c1. The van der Waals surface area contributed by atoms with Crippen molar-refractivity contribution in [2.75, 3.05) is 18.5 Å². The first-order valence-electron chi connectivity index (χ1n) is 8.66. The molecule has 6 nitrogen and oxygen atoms in total. The lowest BCUT2D eigenvalue weighted by atomic mass is 9.93. The van der Waals surface area contributed by atoms with Crippen molar-refractivity contribution in [3.63, 3.8) is 0 Å². The van der Waals surface area contributed by atoms with Gasteiger partial charge in [-0.25, -0.2) is 4.98 Å². The Morgan fingerprint density at radius 2 is 2.32 bits per heavy atom. The van der Waals surface area contributed by atoms with Gasteiger partial charge in [-0.3, -0.25) is 4.79 Å². The molecule has 0 amide bonds. The number of benzene rings is 1. The maximum Gasteiger partial charge on any atom is 0.255 e. The van der Waals surface area contributed by atoms with E-state index < -0.39 is 0 Å². The number of rotatable bonds is 4. The third-order valence-corrected chi connectivity index (χ3v) is 4.90. The minimum Gasteiger partial charge on any atom is -0.385 e. The number of aromatic amines is 1. The van der Waals surface area contributed by atoms with Crippen LogP contribution in [0.5, 0.6) is 0 Å². The number of nitrogens with zero attached hydrogens (tertiary/aromatic N) is 2. The second-order valence-corrected chi connectivity index (χ2v) is 6.58. The van der Waals surface area contributed by atoms with Gasteiger partial charge in [0.1, 0.15) is 11.9 Å². The van der Waals surface area contributed by atoms with Crippen molar-refractivity contribution >= 4 is 16.5 Å². The van der Waals surface area contributed by atoms with Gasteiger partial charge >= 0.3 is 0 Å². The Morgan fingerprint density at radius 3 is 3.16 bits per heavy atom. The van der Waals surface area contributed by atoms with E-state index in [0.29, 0.717) is 11.3 Å². The molecule has 2 atom stereocenters. The number of aryl methyl sites for hydroxylation is 1. The largest absolute Gasteiger partial charge is 0.385 e. The number of aromatic nitrogens is 3. The topological polar surface area (TPSA) is 71.9 Å². The molecule has 3 heterocycles. The summed E-state index contributed by atoms with van der Waals surface area (Å²) in [6, 6.07) is 7.81. The minimum atomic E-state index is -0.0620. The minimum absolute atomic E-state index is 0.00473. The fourth-order valence-electron chi connectivity index (χ4n) is 3.53. The van der Waals surface area contributed by atoms with Crippen LogP contribution in [0, 0.1) is 5.92 Å². The van der Waals surface area contributed by atoms with E-state index in [2.05, 4.69) is 15.3 Å². The van der Waals surface area contributed by atoms with Crippen LogP contribution in [0.2, 0.25) is 0 Å². The predicted molar refractivity (Wildman–Crippen MR) is 97.7 cm³/mol. The molecular weight excluding hydrogens is 316 g/mol. The molecule has 0 bridgehead atoms. The van der Waals surface area contributed by atoms with Gasteiger partial charge in [0, 0.05) is 55.8 Å². The number of ether oxygens (including phenoxy) is 1. The highest BCUT2D eigenvalue weighted by molar-refractivity contribution is 5.84. The zero-order valence-corrected chi connectivity index (χ0v) is 14.2. The third kappa shape index (κ3) is 3.17. The molecule has 2 aromatic heterocycles. The quantitative estimate of drug-likeness (QED) is 0.767. The van der Waals surface area contributed by atoms with Crippen molar-refractivity contribution in [1.29, 1.82) is 0 Å². The molecular formula is C19H22N4O2. The van der Waals surface area contributed by atoms with Gasteiger partial charge in [0.15, 0.2) is 0 Å². The summed E-state index contributed by atoms with van der Waals surface area (Å²) in [5, 5.41) is 5.12. The average molecular weight is 338 g/mol. The number of hydrogen-bond donors (Lipinski definition) is 2. The van der Waals surface area contributed by atoms with Crippen molar-refractivity contribution in [3.8, 4) is 0 Å². The standard InChI is InChI=1S/C19H22N4O2/c1-23-9-8-20-18(23)17-14(3-2-10-25-17)12-22-15-5-4-13-6-7-21-19(24)16(13)11-15/h4-9,11,14,17,22H,2-3,10,12H2,1H3,(H,21,24)/t14-,17+/m0/s1. The lowest BCUT2D eigenvalue weighted by molar-refractivity contribution is -0.0304. The normalized spacial score (nSPS) is 20.7. The number of fused-ring (bicyclic) bond motifs is 1. The zero-order chi connectivity index (χ0) is 17.2. The Labute approximate surface area is 145 Å². The van der Waals surface area contributed by atoms with Crippen LogP contribution in [0.15, 0.2) is 47.7 Å². The molecule has 2 N–H and O–H groups in total. The number of H-pyrrole nitrogens is 1. The van der Waals surface area contributed by atoms with Gasteiger partial charge in [-0.2, -0.15) is 0 Å². The predicted octanol–water partition coefficient (Wildman–Crippen LogP) is 2.84. The summed E-state index contributed by atoms with van der Waals surface area (Å²) in [6.07, 6.45) is 7.60. The molecule has 4 rings (SSSR count). The summed E-state index contributed by atoms with van der Waals surface area (Å²) in [7, 11) is 2.00. The van der Waals surface area contributed by atoms with Crippen molar-refractivity contribution in [3.05, 3.63) is 59.0 Å². The first-order chi connectivity index (χ1) is 12.2. The highest BCUT2D eigenvalue weighted by Crippen LogP contribution is 2.32. The third-order valence-electron chi connectivity index (χ3n) is 4.90. The summed E-state index contributed by atoms with van der Waals surface area (Å²) < 4.78 is 8.04. The molecule has 1 aromatic carbocycles. The van der Waals surface area contributed by atoms with E-state index in [0.717, 1.165) is 42.9 Å². The highest BCUT2D eigenvalue weighted by atomic mass is 16.5. The van der Waals surface area contributed by atoms with E-state index in [-0.39, 0.29) is 11.7 Å². The number of nitrogens with one attached hydrogen (secondary N) is 2. The van der Waals surface area contributed by atoms with E-state index in [1.54, 1.807) is 6.20 Å². The zero-order valence-electron chi connectivity index (χ0n) is 14.2. The molecule has 0 spiro atoms. The molecule has 6 heteroatoms. The van der Waals surface area contributed by atoms with Crippen LogP contribution in [-0.2, 0) is 11.8 Å². The Kier molecular flexibility index (Phi) is 4.28. The van der Waals surface area contributed by atoms with Gasteiger partial charge in [0.2, 0.25) is 0 Å². The molecule has 25 heavy (non-hydrogen) atoms. The number of imidazole rings is 1. The molecule has 0 unspecified atom stereocenters. The first-order valence-corrected chi connectivity index (χ1v) is 8.66. The molecule has 0 aliphatic carbocycles. The molecule has 3 aromatic rings. The fraction of sp³-hybridized carbons (Fsp3) is 0.368. The summed E-state index contributed by atoms with van der Waals surface area (Å²) in [4.78, 5) is 19.2. The van der Waals surface area contributed by atoms with Gasteiger partial charge in [-0.1, -0.05) is 6.07 Å². The monoisotopic (exact) mass is 338 g/mol. The Morgan fingerprint density at radius 1 is 1.40 bits per heavy atom. The van der Waals surface area contributed by atoms with Gasteiger partial charge < -0.3 is 19.6 Å². The van der Waals surface area contributed by atoms with E-state index in [1.807, 2.05) is 48.3 Å². The maximum atomic E-state index is 12.0. The number of anilines is 1. The molecule has 1 fully saturated rings. The van der Waals surface area contributed by atoms with Crippen LogP contribution in [0.3, 0.4) is 0 Å². The van der Waals surface area contributed by atoms with Crippen LogP contribution < -0.4 is 10.9 Å². The van der Waals surface area contributed by atoms with Crippen molar-refractivity contribution in [1.82, 2.24) is 14.5 Å². The van der Waals surface area contributed by atoms with Crippen LogP contribution in [-0.4, -0.2) is 27.7 Å². The highest BCUT2D eigenvalue weighted by Gasteiger charge is 2.30. The van der Waals surface area contributed by atoms with Gasteiger partial charge in [0.05, 0.1) is 0 Å². The molecule has 0 saturated carbocycles. The van der Waals surface area contributed by atoms with Crippen molar-refractivity contribution in [2.24, 2.45) is 13.0 Å². The molecule has 1 saturated heterocycles. The maximum absolute atomic E-state index is 12.0. The second-order valence-electron chi connectivity index (χ2n) is 6.58. The van der Waals surface area contributed by atoms with Gasteiger partial charge in [-0.15, -0.1) is 0 Å². The van der Waals surface area contributed by atoms with E-state index in [1.165, 1.54) is 0 Å². The van der Waals surface area contributed by atoms with Gasteiger partial charge in [0.25, 0.3) is 5.56 Å². The molecule has 1 aliphatic heterocycles. The first kappa shape index (κ1) is 15.9. The summed E-state index contributed by atoms with van der Waals surface area (Å²) in [5.74, 6) is 1.32. The van der Waals surface area contributed by atoms with Crippen LogP contribution in [0.1, 0.15) is 24.8 Å². The summed E-state index contributed by atoms with van der Waals surface area (Å²) in [6.45, 7) is 1.56. The van der Waals surface area contributed by atoms with E-state index in [4.69, 9.17) is 4.74 Å². The number of hydrogen-bond acceptors (Lipinski definition) is 4. The number of pyridine rings is 1. The summed E-state index contributed by atoms with van der Waals surface area (Å²) >= 11 is 0.